The van der Waals surface area contributed by atoms with E-state index >= 15 is 0 Å². The Kier molecular flexibility index (Phi) is 4.15. The predicted octanol–water partition coefficient (Wildman–Crippen LogP) is 2.82. The number of ether oxygens (including phenoxy) is 1. The minimum absolute atomic E-state index is 0.400. The SMILES string of the molecule is COC(=O)C(C)Nc1cc(C(F)(F)F)ccc1F. The topological polar surface area (TPSA) is 38.3 Å². The third-order valence-electron chi connectivity index (χ3n) is 2.22. The van der Waals surface area contributed by atoms with Crippen LogP contribution in [0.1, 0.15) is 12.5 Å². The summed E-state index contributed by atoms with van der Waals surface area (Å²) in [5.74, 6) is -1.58. The number of esters is 1. The molecule has 0 saturated carbocycles. The van der Waals surface area contributed by atoms with E-state index in [0.717, 1.165) is 7.11 Å². The van der Waals surface area contributed by atoms with Crippen LogP contribution in [0.2, 0.25) is 0 Å². The van der Waals surface area contributed by atoms with Gasteiger partial charge in [0, 0.05) is 0 Å². The number of anilines is 1. The van der Waals surface area contributed by atoms with Crippen molar-refractivity contribution in [3.8, 4) is 0 Å². The lowest BCUT2D eigenvalue weighted by Crippen LogP contribution is -2.27. The molecule has 0 spiro atoms. The minimum atomic E-state index is -4.57. The highest BCUT2D eigenvalue weighted by Crippen LogP contribution is 2.31. The monoisotopic (exact) mass is 265 g/mol. The molecule has 1 rings (SSSR count). The Morgan fingerprint density at radius 2 is 2.00 bits per heavy atom. The molecular weight excluding hydrogens is 254 g/mol. The quantitative estimate of drug-likeness (QED) is 0.674. The first-order valence-electron chi connectivity index (χ1n) is 4.97. The van der Waals surface area contributed by atoms with E-state index in [1.807, 2.05) is 0 Å². The Hall–Kier alpha value is -1.79. The van der Waals surface area contributed by atoms with E-state index in [0.29, 0.717) is 18.2 Å². The predicted molar refractivity (Wildman–Crippen MR) is 56.5 cm³/mol. The number of hydrogen-bond donors (Lipinski definition) is 1. The van der Waals surface area contributed by atoms with Gasteiger partial charge in [0.2, 0.25) is 0 Å². The lowest BCUT2D eigenvalue weighted by atomic mass is 10.1. The first kappa shape index (κ1) is 14.3. The highest BCUT2D eigenvalue weighted by Gasteiger charge is 2.31. The average molecular weight is 265 g/mol. The molecule has 0 amide bonds. The van der Waals surface area contributed by atoms with E-state index in [9.17, 15) is 22.4 Å². The number of halogens is 4. The van der Waals surface area contributed by atoms with Gasteiger partial charge >= 0.3 is 12.1 Å². The molecular formula is C11H11F4NO2. The van der Waals surface area contributed by atoms with Gasteiger partial charge in [0.15, 0.2) is 0 Å². The van der Waals surface area contributed by atoms with Crippen LogP contribution in [0.15, 0.2) is 18.2 Å². The van der Waals surface area contributed by atoms with Crippen LogP contribution in [0.25, 0.3) is 0 Å². The van der Waals surface area contributed by atoms with Crippen molar-refractivity contribution in [3.63, 3.8) is 0 Å². The second-order valence-electron chi connectivity index (χ2n) is 3.58. The summed E-state index contributed by atoms with van der Waals surface area (Å²) in [7, 11) is 1.13. The number of alkyl halides is 3. The Bertz CT molecular complexity index is 445. The van der Waals surface area contributed by atoms with E-state index in [1.165, 1.54) is 6.92 Å². The van der Waals surface area contributed by atoms with Crippen LogP contribution >= 0.6 is 0 Å². The van der Waals surface area contributed by atoms with Crippen LogP contribution < -0.4 is 5.32 Å². The van der Waals surface area contributed by atoms with Crippen molar-refractivity contribution in [1.82, 2.24) is 0 Å². The normalized spacial score (nSPS) is 13.0. The summed E-state index contributed by atoms with van der Waals surface area (Å²) in [5, 5.41) is 2.32. The number of carbonyl (C=O) groups excluding carboxylic acids is 1. The Morgan fingerprint density at radius 1 is 1.39 bits per heavy atom. The summed E-state index contributed by atoms with van der Waals surface area (Å²) in [6.07, 6.45) is -4.57. The van der Waals surface area contributed by atoms with Gasteiger partial charge in [-0.05, 0) is 25.1 Å². The van der Waals surface area contributed by atoms with Crippen LogP contribution in [-0.4, -0.2) is 19.1 Å². The van der Waals surface area contributed by atoms with E-state index in [2.05, 4.69) is 10.1 Å². The van der Waals surface area contributed by atoms with Crippen LogP contribution in [0, 0.1) is 5.82 Å². The molecule has 0 aliphatic rings. The summed E-state index contributed by atoms with van der Waals surface area (Å²) < 4.78 is 54.9. The largest absolute Gasteiger partial charge is 0.467 e. The number of methoxy groups -OCH3 is 1. The van der Waals surface area contributed by atoms with E-state index in [-0.39, 0.29) is 0 Å². The first-order chi connectivity index (χ1) is 8.25. The van der Waals surface area contributed by atoms with Gasteiger partial charge in [-0.25, -0.2) is 9.18 Å². The molecule has 1 aromatic carbocycles. The van der Waals surface area contributed by atoms with Crippen molar-refractivity contribution in [2.24, 2.45) is 0 Å². The fourth-order valence-corrected chi connectivity index (χ4v) is 1.28. The maximum Gasteiger partial charge on any atom is 0.416 e. The van der Waals surface area contributed by atoms with Crippen molar-refractivity contribution < 1.29 is 27.1 Å². The zero-order valence-corrected chi connectivity index (χ0v) is 9.64. The molecule has 0 aliphatic carbocycles. The van der Waals surface area contributed by atoms with Crippen LogP contribution in [0.4, 0.5) is 23.2 Å². The Morgan fingerprint density at radius 3 is 2.50 bits per heavy atom. The zero-order chi connectivity index (χ0) is 13.9. The third-order valence-corrected chi connectivity index (χ3v) is 2.22. The fourth-order valence-electron chi connectivity index (χ4n) is 1.28. The summed E-state index contributed by atoms with van der Waals surface area (Å²) >= 11 is 0. The molecule has 0 radical (unpaired) electrons. The van der Waals surface area contributed by atoms with Crippen molar-refractivity contribution >= 4 is 11.7 Å². The van der Waals surface area contributed by atoms with Crippen molar-refractivity contribution in [1.29, 1.82) is 0 Å². The van der Waals surface area contributed by atoms with Gasteiger partial charge in [-0.15, -0.1) is 0 Å². The smallest absolute Gasteiger partial charge is 0.416 e. The molecule has 7 heteroatoms. The molecule has 0 bridgehead atoms. The number of hydrogen-bond acceptors (Lipinski definition) is 3. The molecule has 1 aromatic rings. The molecule has 0 fully saturated rings. The Balaban J connectivity index is 2.98. The maximum atomic E-state index is 13.3. The summed E-state index contributed by atoms with van der Waals surface area (Å²) in [6, 6.07) is 0.973. The highest BCUT2D eigenvalue weighted by atomic mass is 19.4. The van der Waals surface area contributed by atoms with Gasteiger partial charge in [0.05, 0.1) is 18.4 Å². The van der Waals surface area contributed by atoms with Crippen LogP contribution in [-0.2, 0) is 15.7 Å². The standard InChI is InChI=1S/C11H11F4NO2/c1-6(10(17)18-2)16-9-5-7(11(13,14)15)3-4-8(9)12/h3-6,16H,1-2H3. The molecule has 1 unspecified atom stereocenters. The number of nitrogens with one attached hydrogen (secondary N) is 1. The molecule has 0 aliphatic heterocycles. The highest BCUT2D eigenvalue weighted by molar-refractivity contribution is 5.78. The number of benzene rings is 1. The number of carbonyl (C=O) groups is 1. The fraction of sp³-hybridized carbons (Fsp3) is 0.364. The van der Waals surface area contributed by atoms with E-state index in [1.54, 1.807) is 0 Å². The zero-order valence-electron chi connectivity index (χ0n) is 9.64. The Labute approximate surface area is 101 Å². The van der Waals surface area contributed by atoms with Gasteiger partial charge in [-0.1, -0.05) is 0 Å². The molecule has 0 saturated heterocycles. The summed E-state index contributed by atoms with van der Waals surface area (Å²) in [6.45, 7) is 1.35. The van der Waals surface area contributed by atoms with E-state index in [4.69, 9.17) is 0 Å². The second-order valence-corrected chi connectivity index (χ2v) is 3.58. The van der Waals surface area contributed by atoms with Gasteiger partial charge in [-0.3, -0.25) is 0 Å². The average Bonchev–Trinajstić information content (AvgIpc) is 2.29. The van der Waals surface area contributed by atoms with Gasteiger partial charge in [-0.2, -0.15) is 13.2 Å². The van der Waals surface area contributed by atoms with Crippen molar-refractivity contribution in [2.45, 2.75) is 19.1 Å². The molecule has 0 aromatic heterocycles. The summed E-state index contributed by atoms with van der Waals surface area (Å²) in [4.78, 5) is 11.1. The van der Waals surface area contributed by atoms with Crippen molar-refractivity contribution in [3.05, 3.63) is 29.6 Å². The lowest BCUT2D eigenvalue weighted by Gasteiger charge is -2.15. The minimum Gasteiger partial charge on any atom is -0.467 e. The summed E-state index contributed by atoms with van der Waals surface area (Å²) in [5.41, 5.74) is -1.40. The lowest BCUT2D eigenvalue weighted by molar-refractivity contribution is -0.141. The molecule has 0 heterocycles. The molecule has 100 valence electrons. The van der Waals surface area contributed by atoms with Gasteiger partial charge in [0.25, 0.3) is 0 Å². The van der Waals surface area contributed by atoms with Gasteiger partial charge in [0.1, 0.15) is 11.9 Å². The first-order valence-corrected chi connectivity index (χ1v) is 4.97. The van der Waals surface area contributed by atoms with Crippen LogP contribution in [0.3, 0.4) is 0 Å². The van der Waals surface area contributed by atoms with Crippen LogP contribution in [0.5, 0.6) is 0 Å². The second kappa shape index (κ2) is 5.24. The third kappa shape index (κ3) is 3.35. The van der Waals surface area contributed by atoms with Gasteiger partial charge < -0.3 is 10.1 Å². The molecule has 1 N–H and O–H groups in total. The molecule has 3 nitrogen and oxygen atoms in total. The molecule has 1 atom stereocenters. The maximum absolute atomic E-state index is 13.3. The van der Waals surface area contributed by atoms with Crippen molar-refractivity contribution in [2.75, 3.05) is 12.4 Å². The number of rotatable bonds is 3. The molecule has 18 heavy (non-hydrogen) atoms. The van der Waals surface area contributed by atoms with E-state index < -0.39 is 35.3 Å².